The second-order valence-corrected chi connectivity index (χ2v) is 10.1. The Hall–Kier alpha value is -1.82. The van der Waals surface area contributed by atoms with Crippen molar-refractivity contribution < 1.29 is 4.79 Å². The van der Waals surface area contributed by atoms with Crippen LogP contribution in [0.15, 0.2) is 34.5 Å². The molecule has 5 nitrogen and oxygen atoms in total. The molecule has 2 N–H and O–H groups in total. The molecule has 1 atom stereocenters. The topological polar surface area (TPSA) is 58.9 Å². The number of pyridine rings is 1. The molecule has 2 aromatic heterocycles. The largest absolute Gasteiger partial charge is 0.350 e. The maximum Gasteiger partial charge on any atom is 0.268 e. The Morgan fingerprint density at radius 2 is 2.00 bits per heavy atom. The number of amides is 1. The summed E-state index contributed by atoms with van der Waals surface area (Å²) >= 11 is 12.9. The molecule has 0 bridgehead atoms. The highest BCUT2D eigenvalue weighted by atomic mass is 35.5. The van der Waals surface area contributed by atoms with Gasteiger partial charge in [0, 0.05) is 28.9 Å². The second-order valence-electron chi connectivity index (χ2n) is 9.32. The lowest BCUT2D eigenvalue weighted by Gasteiger charge is -2.28. The van der Waals surface area contributed by atoms with Gasteiger partial charge in [-0.25, -0.2) is 4.98 Å². The monoisotopic (exact) mass is 492 g/mol. The number of aryl methyl sites for hydroxylation is 1. The zero-order valence-electron chi connectivity index (χ0n) is 21.0. The number of fused-ring (bicyclic) bond motifs is 1. The lowest BCUT2D eigenvalue weighted by atomic mass is 9.84. The number of aromatic nitrogens is 2. The van der Waals surface area contributed by atoms with E-state index in [1.165, 1.54) is 0 Å². The van der Waals surface area contributed by atoms with E-state index in [1.54, 1.807) is 12.3 Å². The van der Waals surface area contributed by atoms with Crippen LogP contribution in [-0.2, 0) is 0 Å². The first-order valence-electron chi connectivity index (χ1n) is 11.7. The van der Waals surface area contributed by atoms with Crippen molar-refractivity contribution in [1.82, 2.24) is 20.2 Å². The number of allylic oxidation sites excluding steroid dienone is 4. The van der Waals surface area contributed by atoms with Crippen LogP contribution in [0, 0.1) is 18.3 Å². The van der Waals surface area contributed by atoms with Gasteiger partial charge in [-0.1, -0.05) is 57.8 Å². The van der Waals surface area contributed by atoms with Crippen molar-refractivity contribution in [3.63, 3.8) is 0 Å². The van der Waals surface area contributed by atoms with Gasteiger partial charge in [0.25, 0.3) is 5.91 Å². The van der Waals surface area contributed by atoms with Crippen molar-refractivity contribution in [2.45, 2.75) is 61.3 Å². The van der Waals surface area contributed by atoms with E-state index in [0.29, 0.717) is 22.3 Å². The first-order valence-corrected chi connectivity index (χ1v) is 12.5. The van der Waals surface area contributed by atoms with Gasteiger partial charge in [0.15, 0.2) is 0 Å². The third kappa shape index (κ3) is 6.84. The van der Waals surface area contributed by atoms with Crippen LogP contribution >= 0.6 is 23.2 Å². The van der Waals surface area contributed by atoms with Gasteiger partial charge in [0.05, 0.1) is 5.03 Å². The molecule has 0 radical (unpaired) electrons. The summed E-state index contributed by atoms with van der Waals surface area (Å²) in [6, 6.07) is 3.86. The van der Waals surface area contributed by atoms with Gasteiger partial charge in [-0.2, -0.15) is 0 Å². The van der Waals surface area contributed by atoms with E-state index in [-0.39, 0.29) is 17.2 Å². The summed E-state index contributed by atoms with van der Waals surface area (Å²) in [5.41, 5.74) is 3.12. The Bertz CT molecular complexity index is 1040. The fourth-order valence-electron chi connectivity index (χ4n) is 3.69. The molecule has 0 aliphatic heterocycles. The zero-order valence-corrected chi connectivity index (χ0v) is 22.5. The number of hydrogen-bond acceptors (Lipinski definition) is 3. The first kappa shape index (κ1) is 27.4. The summed E-state index contributed by atoms with van der Waals surface area (Å²) in [6.07, 6.45) is 5.54. The Morgan fingerprint density at radius 3 is 2.61 bits per heavy atom. The normalized spacial score (nSPS) is 15.0. The van der Waals surface area contributed by atoms with Crippen LogP contribution in [0.3, 0.4) is 0 Å². The molecule has 0 fully saturated rings. The van der Waals surface area contributed by atoms with Crippen LogP contribution < -0.4 is 10.6 Å². The maximum atomic E-state index is 13.4. The van der Waals surface area contributed by atoms with Crippen LogP contribution in [0.25, 0.3) is 16.7 Å². The van der Waals surface area contributed by atoms with Crippen molar-refractivity contribution in [3.05, 3.63) is 45.7 Å². The van der Waals surface area contributed by atoms with Crippen LogP contribution in [0.5, 0.6) is 0 Å². The standard InChI is InChI=1S/C26H38Cl2N4O/c1-8-26(7,11-13-29-9-2)16-31-25(33)22-15-20-18(5)10-12-30-24(20)32(22)19(6)14-21(27)23(28)17(3)4/h10,12,14-15,17,29H,8-9,11,13,16H2,1-7H3,(H,31,33)/b19-14+,23-21-. The highest BCUT2D eigenvalue weighted by Crippen LogP contribution is 2.29. The van der Waals surface area contributed by atoms with Crippen LogP contribution in [0.2, 0.25) is 0 Å². The smallest absolute Gasteiger partial charge is 0.268 e. The molecule has 0 saturated carbocycles. The Balaban J connectivity index is 2.45. The summed E-state index contributed by atoms with van der Waals surface area (Å²) < 4.78 is 1.87. The summed E-state index contributed by atoms with van der Waals surface area (Å²) in [5, 5.41) is 8.54. The Morgan fingerprint density at radius 1 is 1.30 bits per heavy atom. The molecule has 2 heterocycles. The molecular weight excluding hydrogens is 455 g/mol. The molecule has 1 unspecified atom stereocenters. The number of nitrogens with zero attached hydrogens (tertiary/aromatic N) is 2. The molecule has 0 aromatic carbocycles. The highest BCUT2D eigenvalue weighted by Gasteiger charge is 2.25. The Kier molecular flexibility index (Phi) is 10.0. The van der Waals surface area contributed by atoms with E-state index in [4.69, 9.17) is 23.2 Å². The van der Waals surface area contributed by atoms with Gasteiger partial charge in [0.2, 0.25) is 0 Å². The molecular formula is C26H38Cl2N4O. The van der Waals surface area contributed by atoms with Crippen molar-refractivity contribution in [1.29, 1.82) is 0 Å². The number of nitrogens with one attached hydrogen (secondary N) is 2. The van der Waals surface area contributed by atoms with Gasteiger partial charge in [-0.3, -0.25) is 9.36 Å². The predicted molar refractivity (Wildman–Crippen MR) is 142 cm³/mol. The molecule has 2 rings (SSSR count). The lowest BCUT2D eigenvalue weighted by Crippen LogP contribution is -2.38. The molecule has 33 heavy (non-hydrogen) atoms. The molecule has 0 saturated heterocycles. The molecule has 2 aromatic rings. The predicted octanol–water partition coefficient (Wildman–Crippen LogP) is 6.70. The van der Waals surface area contributed by atoms with Gasteiger partial charge >= 0.3 is 0 Å². The highest BCUT2D eigenvalue weighted by molar-refractivity contribution is 6.40. The molecule has 0 aliphatic rings. The van der Waals surface area contributed by atoms with Crippen molar-refractivity contribution >= 4 is 45.8 Å². The second kappa shape index (κ2) is 12.0. The fraction of sp³-hybridized carbons (Fsp3) is 0.538. The average molecular weight is 494 g/mol. The minimum atomic E-state index is -0.127. The van der Waals surface area contributed by atoms with E-state index in [2.05, 4.69) is 36.4 Å². The number of carbonyl (C=O) groups is 1. The van der Waals surface area contributed by atoms with Crippen molar-refractivity contribution in [3.8, 4) is 0 Å². The van der Waals surface area contributed by atoms with E-state index in [9.17, 15) is 4.79 Å². The summed E-state index contributed by atoms with van der Waals surface area (Å²) in [7, 11) is 0. The number of carbonyl (C=O) groups excluding carboxylic acids is 1. The van der Waals surface area contributed by atoms with Crippen LogP contribution in [0.4, 0.5) is 0 Å². The molecule has 0 spiro atoms. The zero-order chi connectivity index (χ0) is 24.8. The summed E-state index contributed by atoms with van der Waals surface area (Å²) in [5.74, 6) is -0.0139. The van der Waals surface area contributed by atoms with E-state index in [1.807, 2.05) is 44.4 Å². The van der Waals surface area contributed by atoms with Gasteiger partial charge in [-0.15, -0.1) is 0 Å². The van der Waals surface area contributed by atoms with Gasteiger partial charge in [0.1, 0.15) is 11.3 Å². The number of halogens is 2. The van der Waals surface area contributed by atoms with Crippen LogP contribution in [0.1, 0.15) is 70.4 Å². The van der Waals surface area contributed by atoms with Crippen molar-refractivity contribution in [2.75, 3.05) is 19.6 Å². The van der Waals surface area contributed by atoms with E-state index < -0.39 is 0 Å². The minimum Gasteiger partial charge on any atom is -0.350 e. The molecule has 0 aliphatic carbocycles. The average Bonchev–Trinajstić information content (AvgIpc) is 3.18. The Labute approximate surface area is 208 Å². The number of rotatable bonds is 11. The van der Waals surface area contributed by atoms with E-state index in [0.717, 1.165) is 48.2 Å². The van der Waals surface area contributed by atoms with Crippen molar-refractivity contribution in [2.24, 2.45) is 11.3 Å². The van der Waals surface area contributed by atoms with E-state index >= 15 is 0 Å². The third-order valence-electron chi connectivity index (χ3n) is 6.26. The van der Waals surface area contributed by atoms with Crippen LogP contribution in [-0.4, -0.2) is 35.1 Å². The summed E-state index contributed by atoms with van der Waals surface area (Å²) in [6.45, 7) is 16.9. The fourth-order valence-corrected chi connectivity index (χ4v) is 4.12. The first-order chi connectivity index (χ1) is 15.5. The minimum absolute atomic E-state index is 0.0184. The maximum absolute atomic E-state index is 13.4. The summed E-state index contributed by atoms with van der Waals surface area (Å²) in [4.78, 5) is 18.0. The molecule has 1 amide bonds. The number of hydrogen-bond donors (Lipinski definition) is 2. The lowest BCUT2D eigenvalue weighted by molar-refractivity contribution is 0.0923. The van der Waals surface area contributed by atoms with Gasteiger partial charge in [-0.05, 0) is 74.9 Å². The third-order valence-corrected chi connectivity index (χ3v) is 7.31. The SMILES string of the molecule is CCNCCC(C)(CC)CNC(=O)c1cc2c(C)ccnc2n1/C(C)=C/C(Cl)=C(/Cl)C(C)C. The molecule has 7 heteroatoms. The quantitative estimate of drug-likeness (QED) is 0.271. The molecule has 182 valence electrons. The van der Waals surface area contributed by atoms with Gasteiger partial charge < -0.3 is 10.6 Å².